The lowest BCUT2D eigenvalue weighted by Gasteiger charge is -2.29. The summed E-state index contributed by atoms with van der Waals surface area (Å²) in [4.78, 5) is 2.37. The Kier molecular flexibility index (Phi) is 4.98. The van der Waals surface area contributed by atoms with Crippen LogP contribution in [0.1, 0.15) is 24.8 Å². The summed E-state index contributed by atoms with van der Waals surface area (Å²) in [5.41, 5.74) is 1.08. The molecule has 1 aromatic carbocycles. The quantitative estimate of drug-likeness (QED) is 0.910. The van der Waals surface area contributed by atoms with Crippen molar-refractivity contribution >= 4 is 11.6 Å². The van der Waals surface area contributed by atoms with Gasteiger partial charge in [0.1, 0.15) is 5.82 Å². The summed E-state index contributed by atoms with van der Waals surface area (Å²) in [5.74, 6) is -0.356. The van der Waals surface area contributed by atoms with Crippen LogP contribution in [0, 0.1) is 5.82 Å². The van der Waals surface area contributed by atoms with Gasteiger partial charge in [0, 0.05) is 13.1 Å². The summed E-state index contributed by atoms with van der Waals surface area (Å²) in [6.45, 7) is 2.98. The van der Waals surface area contributed by atoms with Crippen molar-refractivity contribution in [3.63, 3.8) is 0 Å². The van der Waals surface area contributed by atoms with Gasteiger partial charge in [-0.25, -0.2) is 4.39 Å². The molecule has 1 saturated heterocycles. The molecule has 2 nitrogen and oxygen atoms in total. The Morgan fingerprint density at radius 3 is 2.72 bits per heavy atom. The van der Waals surface area contributed by atoms with E-state index in [2.05, 4.69) is 4.90 Å². The molecule has 0 unspecified atom stereocenters. The molecule has 0 aromatic heterocycles. The first-order valence-electron chi connectivity index (χ1n) is 6.49. The minimum atomic E-state index is -0.356. The number of hydrogen-bond donors (Lipinski definition) is 1. The number of rotatable bonds is 4. The van der Waals surface area contributed by atoms with Crippen LogP contribution in [0.2, 0.25) is 5.02 Å². The Labute approximate surface area is 112 Å². The summed E-state index contributed by atoms with van der Waals surface area (Å²) in [7, 11) is 0. The van der Waals surface area contributed by atoms with Gasteiger partial charge < -0.3 is 10.0 Å². The zero-order valence-electron chi connectivity index (χ0n) is 10.4. The molecule has 0 radical (unpaired) electrons. The highest BCUT2D eigenvalue weighted by Gasteiger charge is 2.16. The van der Waals surface area contributed by atoms with E-state index in [-0.39, 0.29) is 16.9 Å². The van der Waals surface area contributed by atoms with E-state index >= 15 is 0 Å². The zero-order valence-corrected chi connectivity index (χ0v) is 11.2. The van der Waals surface area contributed by atoms with Crippen LogP contribution in [0.3, 0.4) is 0 Å². The largest absolute Gasteiger partial charge is 0.393 e. The molecule has 0 amide bonds. The molecule has 0 aliphatic carbocycles. The van der Waals surface area contributed by atoms with Crippen molar-refractivity contribution in [2.75, 3.05) is 19.6 Å². The van der Waals surface area contributed by atoms with Crippen LogP contribution in [0.15, 0.2) is 18.2 Å². The molecule has 1 fully saturated rings. The molecule has 1 aliphatic rings. The van der Waals surface area contributed by atoms with Crippen molar-refractivity contribution in [1.82, 2.24) is 4.90 Å². The van der Waals surface area contributed by atoms with Gasteiger partial charge in [-0.3, -0.25) is 0 Å². The van der Waals surface area contributed by atoms with Gasteiger partial charge in [-0.1, -0.05) is 17.7 Å². The van der Waals surface area contributed by atoms with E-state index in [1.165, 1.54) is 6.07 Å². The van der Waals surface area contributed by atoms with Crippen molar-refractivity contribution in [1.29, 1.82) is 0 Å². The first-order valence-corrected chi connectivity index (χ1v) is 6.87. The number of piperidine rings is 1. The topological polar surface area (TPSA) is 23.5 Å². The van der Waals surface area contributed by atoms with E-state index in [1.807, 2.05) is 0 Å². The molecule has 4 heteroatoms. The number of aliphatic hydroxyl groups is 1. The Morgan fingerprint density at radius 1 is 1.33 bits per heavy atom. The molecule has 0 spiro atoms. The fraction of sp³-hybridized carbons (Fsp3) is 0.571. The lowest BCUT2D eigenvalue weighted by atomic mass is 10.1. The number of hydrogen-bond acceptors (Lipinski definition) is 2. The van der Waals surface area contributed by atoms with Gasteiger partial charge in [-0.15, -0.1) is 0 Å². The van der Waals surface area contributed by atoms with Crippen LogP contribution in [-0.2, 0) is 6.42 Å². The maximum absolute atomic E-state index is 13.0. The number of likely N-dealkylation sites (tertiary alicyclic amines) is 1. The second-order valence-corrected chi connectivity index (χ2v) is 5.33. The van der Waals surface area contributed by atoms with E-state index in [9.17, 15) is 9.50 Å². The van der Waals surface area contributed by atoms with Gasteiger partial charge in [0.2, 0.25) is 0 Å². The van der Waals surface area contributed by atoms with Gasteiger partial charge in [-0.05, 0) is 49.9 Å². The maximum atomic E-state index is 13.0. The van der Waals surface area contributed by atoms with Gasteiger partial charge in [0.05, 0.1) is 11.1 Å². The van der Waals surface area contributed by atoms with E-state index in [1.54, 1.807) is 12.1 Å². The molecule has 0 atom stereocenters. The van der Waals surface area contributed by atoms with Crippen molar-refractivity contribution in [2.45, 2.75) is 31.8 Å². The molecule has 1 aliphatic heterocycles. The van der Waals surface area contributed by atoms with Crippen molar-refractivity contribution in [3.05, 3.63) is 34.6 Å². The first-order chi connectivity index (χ1) is 8.65. The molecule has 0 saturated carbocycles. The lowest BCUT2D eigenvalue weighted by Crippen LogP contribution is -2.36. The molecule has 1 heterocycles. The second kappa shape index (κ2) is 6.50. The summed E-state index contributed by atoms with van der Waals surface area (Å²) in [6, 6.07) is 4.92. The number of halogens is 2. The smallest absolute Gasteiger partial charge is 0.141 e. The normalized spacial score (nSPS) is 18.2. The third-order valence-corrected chi connectivity index (χ3v) is 3.77. The van der Waals surface area contributed by atoms with Gasteiger partial charge >= 0.3 is 0 Å². The molecular formula is C14H19ClFNO. The fourth-order valence-electron chi connectivity index (χ4n) is 2.34. The molecule has 0 bridgehead atoms. The summed E-state index contributed by atoms with van der Waals surface area (Å²) < 4.78 is 13.0. The maximum Gasteiger partial charge on any atom is 0.141 e. The van der Waals surface area contributed by atoms with E-state index < -0.39 is 0 Å². The molecule has 18 heavy (non-hydrogen) atoms. The van der Waals surface area contributed by atoms with E-state index in [0.29, 0.717) is 0 Å². The standard InChI is InChI=1S/C14H19ClFNO/c15-13-10-11(3-4-14(13)16)2-1-7-17-8-5-12(18)6-9-17/h3-4,10,12,18H,1-2,5-9H2. The average molecular weight is 272 g/mol. The van der Waals surface area contributed by atoms with E-state index in [0.717, 1.165) is 50.9 Å². The van der Waals surface area contributed by atoms with Crippen LogP contribution in [0.5, 0.6) is 0 Å². The third-order valence-electron chi connectivity index (χ3n) is 3.48. The Hall–Kier alpha value is -0.640. The third kappa shape index (κ3) is 3.94. The minimum Gasteiger partial charge on any atom is -0.393 e. The lowest BCUT2D eigenvalue weighted by molar-refractivity contribution is 0.0821. The van der Waals surface area contributed by atoms with Crippen molar-refractivity contribution in [2.24, 2.45) is 0 Å². The second-order valence-electron chi connectivity index (χ2n) is 4.92. The van der Waals surface area contributed by atoms with Gasteiger partial charge in [0.15, 0.2) is 0 Å². The van der Waals surface area contributed by atoms with Crippen LogP contribution in [0.4, 0.5) is 4.39 Å². The number of aryl methyl sites for hydroxylation is 1. The Balaban J connectivity index is 1.73. The number of nitrogens with zero attached hydrogens (tertiary/aromatic N) is 1. The zero-order chi connectivity index (χ0) is 13.0. The fourth-order valence-corrected chi connectivity index (χ4v) is 2.55. The van der Waals surface area contributed by atoms with Crippen molar-refractivity contribution < 1.29 is 9.50 Å². The monoisotopic (exact) mass is 271 g/mol. The Bertz CT molecular complexity index is 391. The summed E-state index contributed by atoms with van der Waals surface area (Å²) in [6.07, 6.45) is 3.60. The Morgan fingerprint density at radius 2 is 2.06 bits per heavy atom. The van der Waals surface area contributed by atoms with Crippen LogP contribution < -0.4 is 0 Å². The average Bonchev–Trinajstić information content (AvgIpc) is 2.36. The summed E-state index contributed by atoms with van der Waals surface area (Å²) >= 11 is 5.74. The predicted octanol–water partition coefficient (Wildman–Crippen LogP) is 2.87. The number of aliphatic hydroxyl groups excluding tert-OH is 1. The summed E-state index contributed by atoms with van der Waals surface area (Å²) in [5, 5.41) is 9.61. The van der Waals surface area contributed by atoms with Crippen molar-refractivity contribution in [3.8, 4) is 0 Å². The molecular weight excluding hydrogens is 253 g/mol. The first kappa shape index (κ1) is 13.8. The van der Waals surface area contributed by atoms with Crippen LogP contribution in [-0.4, -0.2) is 35.7 Å². The number of benzene rings is 1. The molecule has 1 aromatic rings. The highest BCUT2D eigenvalue weighted by atomic mass is 35.5. The van der Waals surface area contributed by atoms with Gasteiger partial charge in [0.25, 0.3) is 0 Å². The molecule has 1 N–H and O–H groups in total. The molecule has 100 valence electrons. The van der Waals surface area contributed by atoms with E-state index in [4.69, 9.17) is 11.6 Å². The van der Waals surface area contributed by atoms with Crippen LogP contribution >= 0.6 is 11.6 Å². The highest BCUT2D eigenvalue weighted by Crippen LogP contribution is 2.17. The molecule has 2 rings (SSSR count). The highest BCUT2D eigenvalue weighted by molar-refractivity contribution is 6.30. The predicted molar refractivity (Wildman–Crippen MR) is 71.4 cm³/mol. The van der Waals surface area contributed by atoms with Crippen LogP contribution in [0.25, 0.3) is 0 Å². The van der Waals surface area contributed by atoms with Gasteiger partial charge in [-0.2, -0.15) is 0 Å². The SMILES string of the molecule is OC1CCN(CCCc2ccc(F)c(Cl)c2)CC1. The minimum absolute atomic E-state index is 0.114.